The normalized spacial score (nSPS) is 21.2. The molecule has 4 aromatic carbocycles. The number of aryl methyl sites for hydroxylation is 3. The summed E-state index contributed by atoms with van der Waals surface area (Å²) in [6.07, 6.45) is 3.68. The number of piperidine rings is 2. The fraction of sp³-hybridized carbons (Fsp3) is 0.392. The van der Waals surface area contributed by atoms with Gasteiger partial charge in [0.1, 0.15) is 45.9 Å². The Morgan fingerprint density at radius 3 is 2.22 bits per heavy atom. The number of aromatic nitrogens is 3. The predicted octanol–water partition coefficient (Wildman–Crippen LogP) is 10.5. The molecule has 2 saturated heterocycles. The molecule has 8 nitrogen and oxygen atoms in total. The average molecular weight is 889 g/mol. The van der Waals surface area contributed by atoms with Crippen molar-refractivity contribution in [3.8, 4) is 10.8 Å². The van der Waals surface area contributed by atoms with E-state index >= 15 is 13.2 Å². The number of likely N-dealkylation sites (tertiary alicyclic amines) is 1. The SMILES string of the molecule is Cc1sc2c(c1C)C(c1ccc(N3CCC(O)(CN4CCC(c5cc(F)c([C@H]6c7ccc(O)cc7CC[C@H]6c6ccc(F)cc6)c(F)c5)CC4)CC3)cc1F)=N[C@@H](C)c1nnc(C)n1-2. The average Bonchev–Trinajstić information content (AvgIpc) is 3.76. The van der Waals surface area contributed by atoms with Crippen molar-refractivity contribution < 1.29 is 27.8 Å². The van der Waals surface area contributed by atoms with E-state index in [1.807, 2.05) is 30.5 Å². The second kappa shape index (κ2) is 16.6. The van der Waals surface area contributed by atoms with Crippen LogP contribution in [0.15, 0.2) is 77.8 Å². The summed E-state index contributed by atoms with van der Waals surface area (Å²) in [4.78, 5) is 10.5. The molecule has 3 atom stereocenters. The molecule has 4 aliphatic rings. The number of hydrogen-bond donors (Lipinski definition) is 2. The van der Waals surface area contributed by atoms with Gasteiger partial charge >= 0.3 is 0 Å². The lowest BCUT2D eigenvalue weighted by Crippen LogP contribution is -2.52. The fourth-order valence-electron chi connectivity index (χ4n) is 10.9. The lowest BCUT2D eigenvalue weighted by molar-refractivity contribution is -0.0213. The first-order chi connectivity index (χ1) is 30.7. The number of nitrogens with zero attached hydrogens (tertiary/aromatic N) is 6. The van der Waals surface area contributed by atoms with E-state index in [1.54, 1.807) is 47.7 Å². The Hall–Kier alpha value is -5.37. The van der Waals surface area contributed by atoms with E-state index in [1.165, 1.54) is 24.3 Å². The van der Waals surface area contributed by atoms with Crippen LogP contribution in [0.4, 0.5) is 23.2 Å². The molecule has 0 radical (unpaired) electrons. The zero-order valence-corrected chi connectivity index (χ0v) is 37.3. The van der Waals surface area contributed by atoms with Gasteiger partial charge in [-0.05, 0) is 174 Å². The zero-order chi connectivity index (χ0) is 44.6. The number of aromatic hydroxyl groups is 1. The number of benzene rings is 4. The third kappa shape index (κ3) is 7.62. The summed E-state index contributed by atoms with van der Waals surface area (Å²) in [7, 11) is 0. The molecular formula is C51H52F4N6O2S. The summed E-state index contributed by atoms with van der Waals surface area (Å²) in [5.41, 5.74) is 5.97. The number of β-amino-alcohol motifs (C(OH)–C–C–N with tert-alkyl or cyclic N) is 1. The van der Waals surface area contributed by atoms with Crippen LogP contribution in [0.25, 0.3) is 5.00 Å². The minimum atomic E-state index is -0.913. The highest BCUT2D eigenvalue weighted by Crippen LogP contribution is 2.49. The van der Waals surface area contributed by atoms with Gasteiger partial charge in [-0.15, -0.1) is 21.5 Å². The Kier molecular flexibility index (Phi) is 11.0. The number of phenols is 1. The van der Waals surface area contributed by atoms with Crippen molar-refractivity contribution in [3.05, 3.63) is 157 Å². The van der Waals surface area contributed by atoms with E-state index in [0.717, 1.165) is 55.0 Å². The van der Waals surface area contributed by atoms with Crippen LogP contribution in [0, 0.1) is 44.0 Å². The Labute approximate surface area is 374 Å². The van der Waals surface area contributed by atoms with Crippen molar-refractivity contribution in [2.45, 2.75) is 95.6 Å². The predicted molar refractivity (Wildman–Crippen MR) is 242 cm³/mol. The van der Waals surface area contributed by atoms with E-state index in [2.05, 4.69) is 33.8 Å². The topological polar surface area (TPSA) is 90.0 Å². The van der Waals surface area contributed by atoms with Crippen molar-refractivity contribution in [3.63, 3.8) is 0 Å². The number of halogens is 4. The van der Waals surface area contributed by atoms with Gasteiger partial charge in [0.25, 0.3) is 0 Å². The number of rotatable bonds is 7. The van der Waals surface area contributed by atoms with Gasteiger partial charge in [-0.2, -0.15) is 0 Å². The van der Waals surface area contributed by atoms with Crippen LogP contribution in [-0.4, -0.2) is 73.9 Å². The molecule has 13 heteroatoms. The third-order valence-corrected chi connectivity index (χ3v) is 15.7. The summed E-state index contributed by atoms with van der Waals surface area (Å²) in [5.74, 6) is -1.24. The van der Waals surface area contributed by atoms with Crippen LogP contribution >= 0.6 is 11.3 Å². The van der Waals surface area contributed by atoms with Gasteiger partial charge < -0.3 is 20.0 Å². The number of thiophene rings is 1. The van der Waals surface area contributed by atoms with E-state index in [0.29, 0.717) is 88.1 Å². The molecule has 1 aliphatic carbocycles. The van der Waals surface area contributed by atoms with Crippen molar-refractivity contribution in [2.24, 2.45) is 4.99 Å². The summed E-state index contributed by atoms with van der Waals surface area (Å²) in [6, 6.07) is 19.2. The maximum absolute atomic E-state index is 16.4. The highest BCUT2D eigenvalue weighted by molar-refractivity contribution is 7.15. The first kappa shape index (κ1) is 42.6. The summed E-state index contributed by atoms with van der Waals surface area (Å²) in [6.45, 7) is 11.0. The van der Waals surface area contributed by atoms with E-state index in [9.17, 15) is 14.6 Å². The quantitative estimate of drug-likeness (QED) is 0.155. The Balaban J connectivity index is 0.792. The second-order valence-corrected chi connectivity index (χ2v) is 19.6. The molecule has 10 rings (SSSR count). The van der Waals surface area contributed by atoms with Gasteiger partial charge in [0.05, 0.1) is 11.3 Å². The largest absolute Gasteiger partial charge is 0.508 e. The molecular weight excluding hydrogens is 837 g/mol. The first-order valence-corrected chi connectivity index (χ1v) is 23.2. The van der Waals surface area contributed by atoms with Crippen LogP contribution in [-0.2, 0) is 6.42 Å². The van der Waals surface area contributed by atoms with Gasteiger partial charge in [-0.3, -0.25) is 9.56 Å². The lowest BCUT2D eigenvalue weighted by atomic mass is 9.68. The lowest BCUT2D eigenvalue weighted by Gasteiger charge is -2.43. The maximum Gasteiger partial charge on any atom is 0.162 e. The maximum atomic E-state index is 16.4. The summed E-state index contributed by atoms with van der Waals surface area (Å²) < 4.78 is 65.1. The standard InChI is InChI=1S/C51H52F4N6O2S/c1-28-30(3)64-50-45(28)48(56-29(2)49-58-57-31(4)61(49)50)41-13-10-37(26-42(41)53)60-21-17-51(63,18-22-60)27-59-19-15-32(16-20-59)35-24-43(54)47(44(55)25-35)46-39(33-5-8-36(52)9-6-33)12-7-34-23-38(62)11-14-40(34)46/h5-6,8-11,13-14,23-26,29,32,39,46,62-63H,7,12,15-22,27H2,1-4H3/t29-,39-,46+/m0/s1. The number of aliphatic imine (C=N–C) groups is 1. The minimum absolute atomic E-state index is 0.00198. The highest BCUT2D eigenvalue weighted by atomic mass is 32.1. The third-order valence-electron chi connectivity index (χ3n) is 14.5. The number of hydrogen-bond acceptors (Lipinski definition) is 8. The molecule has 0 unspecified atom stereocenters. The van der Waals surface area contributed by atoms with Crippen LogP contribution < -0.4 is 4.90 Å². The highest BCUT2D eigenvalue weighted by Gasteiger charge is 2.39. The Morgan fingerprint density at radius 1 is 0.797 bits per heavy atom. The van der Waals surface area contributed by atoms with Crippen LogP contribution in [0.2, 0.25) is 0 Å². The summed E-state index contributed by atoms with van der Waals surface area (Å²) in [5, 5.41) is 31.7. The minimum Gasteiger partial charge on any atom is -0.508 e. The molecule has 2 aromatic heterocycles. The molecule has 332 valence electrons. The van der Waals surface area contributed by atoms with Crippen LogP contribution in [0.3, 0.4) is 0 Å². The van der Waals surface area contributed by atoms with Crippen molar-refractivity contribution in [1.82, 2.24) is 19.7 Å². The van der Waals surface area contributed by atoms with E-state index < -0.39 is 23.2 Å². The van der Waals surface area contributed by atoms with Crippen molar-refractivity contribution >= 4 is 22.7 Å². The van der Waals surface area contributed by atoms with E-state index in [-0.39, 0.29) is 40.8 Å². The molecule has 0 bridgehead atoms. The zero-order valence-electron chi connectivity index (χ0n) is 36.5. The number of anilines is 1. The molecule has 0 saturated carbocycles. The second-order valence-electron chi connectivity index (χ2n) is 18.4. The molecule has 5 heterocycles. The van der Waals surface area contributed by atoms with Gasteiger partial charge in [-0.25, -0.2) is 17.6 Å². The van der Waals surface area contributed by atoms with Gasteiger partial charge in [-0.1, -0.05) is 18.2 Å². The first-order valence-electron chi connectivity index (χ1n) is 22.4. The van der Waals surface area contributed by atoms with Crippen molar-refractivity contribution in [2.75, 3.05) is 37.6 Å². The number of aliphatic hydroxyl groups is 1. The fourth-order valence-corrected chi connectivity index (χ4v) is 12.1. The molecule has 2 N–H and O–H groups in total. The van der Waals surface area contributed by atoms with E-state index in [4.69, 9.17) is 4.99 Å². The number of fused-ring (bicyclic) bond motifs is 4. The summed E-state index contributed by atoms with van der Waals surface area (Å²) >= 11 is 1.64. The van der Waals surface area contributed by atoms with Gasteiger partial charge in [0.2, 0.25) is 0 Å². The molecule has 0 amide bonds. The smallest absolute Gasteiger partial charge is 0.162 e. The van der Waals surface area contributed by atoms with Crippen LogP contribution in [0.1, 0.15) is 124 Å². The van der Waals surface area contributed by atoms with Gasteiger partial charge in [0, 0.05) is 52.8 Å². The molecule has 0 spiro atoms. The molecule has 2 fully saturated rings. The Bertz CT molecular complexity index is 2760. The molecule has 3 aliphatic heterocycles. The Morgan fingerprint density at radius 2 is 1.52 bits per heavy atom. The number of phenolic OH excluding ortho intramolecular Hbond substituents is 1. The monoisotopic (exact) mass is 888 g/mol. The molecule has 64 heavy (non-hydrogen) atoms. The van der Waals surface area contributed by atoms with Crippen molar-refractivity contribution in [1.29, 1.82) is 0 Å². The molecule has 6 aromatic rings. The van der Waals surface area contributed by atoms with Gasteiger partial charge in [0.15, 0.2) is 5.82 Å². The van der Waals surface area contributed by atoms with Crippen LogP contribution in [0.5, 0.6) is 5.75 Å².